The largest absolute Gasteiger partial charge is 0.341 e. The van der Waals surface area contributed by atoms with E-state index in [1.54, 1.807) is 24.3 Å². The van der Waals surface area contributed by atoms with E-state index in [2.05, 4.69) is 0 Å². The molecule has 3 aromatic rings. The van der Waals surface area contributed by atoms with Crippen LogP contribution in [0.15, 0.2) is 33.9 Å². The summed E-state index contributed by atoms with van der Waals surface area (Å²) >= 11 is 7.55. The molecule has 1 saturated carbocycles. The maximum atomic E-state index is 13.7. The number of aromatic nitrogens is 2. The predicted molar refractivity (Wildman–Crippen MR) is 133 cm³/mol. The zero-order valence-electron chi connectivity index (χ0n) is 18.8. The smallest absolute Gasteiger partial charge is 0.337 e. The van der Waals surface area contributed by atoms with Crippen LogP contribution in [0.1, 0.15) is 55.4 Å². The highest BCUT2D eigenvalue weighted by molar-refractivity contribution is 7.18. The first-order chi connectivity index (χ1) is 16.0. The molecule has 174 valence electrons. The zero-order valence-corrected chi connectivity index (χ0v) is 20.4. The second kappa shape index (κ2) is 9.11. The average molecular weight is 486 g/mol. The number of hydrogen-bond acceptors (Lipinski definition) is 4. The Morgan fingerprint density at radius 3 is 2.48 bits per heavy atom. The summed E-state index contributed by atoms with van der Waals surface area (Å²) in [4.78, 5) is 44.2. The Labute approximate surface area is 201 Å². The van der Waals surface area contributed by atoms with Crippen molar-refractivity contribution >= 4 is 39.1 Å². The number of rotatable bonds is 4. The van der Waals surface area contributed by atoms with E-state index in [1.165, 1.54) is 31.8 Å². The van der Waals surface area contributed by atoms with Crippen LogP contribution in [0.3, 0.4) is 0 Å². The average Bonchev–Trinajstić information content (AvgIpc) is 3.23. The SMILES string of the molecule is CN(C(=O)Cn1c(=O)n(-c2ccc(Cl)cc2)c(=O)c2c3c(sc21)CCCC3)C1CCCCC1. The number of benzene rings is 1. The molecule has 1 fully saturated rings. The summed E-state index contributed by atoms with van der Waals surface area (Å²) in [6.07, 6.45) is 9.34. The molecule has 2 aromatic heterocycles. The lowest BCUT2D eigenvalue weighted by Crippen LogP contribution is -2.44. The summed E-state index contributed by atoms with van der Waals surface area (Å²) in [6, 6.07) is 6.91. The third-order valence-corrected chi connectivity index (χ3v) is 8.70. The van der Waals surface area contributed by atoms with Crippen LogP contribution in [0.4, 0.5) is 0 Å². The predicted octanol–water partition coefficient (Wildman–Crippen LogP) is 4.54. The van der Waals surface area contributed by atoms with Crippen molar-refractivity contribution in [3.8, 4) is 5.69 Å². The topological polar surface area (TPSA) is 64.3 Å². The Morgan fingerprint density at radius 2 is 1.76 bits per heavy atom. The number of fused-ring (bicyclic) bond motifs is 3. The van der Waals surface area contributed by atoms with Gasteiger partial charge in [0.1, 0.15) is 11.4 Å². The van der Waals surface area contributed by atoms with Crippen LogP contribution in [0.2, 0.25) is 5.02 Å². The second-order valence-electron chi connectivity index (χ2n) is 9.17. The van der Waals surface area contributed by atoms with Crippen LogP contribution in [0.5, 0.6) is 0 Å². The van der Waals surface area contributed by atoms with Crippen LogP contribution in [0, 0.1) is 0 Å². The summed E-state index contributed by atoms with van der Waals surface area (Å²) in [6.45, 7) is -0.0599. The number of aryl methyl sites for hydroxylation is 2. The molecular formula is C25H28ClN3O3S. The molecule has 0 radical (unpaired) electrons. The lowest BCUT2D eigenvalue weighted by atomic mass is 9.94. The van der Waals surface area contributed by atoms with Gasteiger partial charge in [-0.05, 0) is 68.4 Å². The third-order valence-electron chi connectivity index (χ3n) is 7.13. The van der Waals surface area contributed by atoms with Crippen molar-refractivity contribution < 1.29 is 4.79 Å². The summed E-state index contributed by atoms with van der Waals surface area (Å²) in [7, 11) is 1.84. The van der Waals surface area contributed by atoms with Gasteiger partial charge in [-0.15, -0.1) is 11.3 Å². The van der Waals surface area contributed by atoms with Gasteiger partial charge in [0.15, 0.2) is 0 Å². The molecule has 1 amide bonds. The molecule has 2 aliphatic carbocycles. The summed E-state index contributed by atoms with van der Waals surface area (Å²) in [5.41, 5.74) is 0.740. The van der Waals surface area contributed by atoms with Crippen LogP contribution >= 0.6 is 22.9 Å². The molecule has 6 nitrogen and oxygen atoms in total. The number of carbonyl (C=O) groups is 1. The third kappa shape index (κ3) is 4.06. The summed E-state index contributed by atoms with van der Waals surface area (Å²) in [5, 5.41) is 1.13. The van der Waals surface area contributed by atoms with Gasteiger partial charge in [0.2, 0.25) is 5.91 Å². The minimum Gasteiger partial charge on any atom is -0.341 e. The van der Waals surface area contributed by atoms with Gasteiger partial charge in [0, 0.05) is 23.0 Å². The van der Waals surface area contributed by atoms with Crippen LogP contribution in [-0.2, 0) is 24.2 Å². The van der Waals surface area contributed by atoms with Crippen molar-refractivity contribution in [1.29, 1.82) is 0 Å². The maximum Gasteiger partial charge on any atom is 0.337 e. The molecule has 0 atom stereocenters. The lowest BCUT2D eigenvalue weighted by Gasteiger charge is -2.31. The van der Waals surface area contributed by atoms with E-state index in [-0.39, 0.29) is 24.1 Å². The Morgan fingerprint density at radius 1 is 1.06 bits per heavy atom. The van der Waals surface area contributed by atoms with Crippen LogP contribution in [-0.4, -0.2) is 33.0 Å². The molecule has 0 bridgehead atoms. The molecule has 8 heteroatoms. The number of thiophene rings is 1. The van der Waals surface area contributed by atoms with Gasteiger partial charge in [-0.2, -0.15) is 0 Å². The first-order valence-electron chi connectivity index (χ1n) is 11.8. The van der Waals surface area contributed by atoms with Crippen molar-refractivity contribution in [2.75, 3.05) is 7.05 Å². The van der Waals surface area contributed by atoms with E-state index in [1.807, 2.05) is 11.9 Å². The summed E-state index contributed by atoms with van der Waals surface area (Å²) < 4.78 is 2.73. The molecular weight excluding hydrogens is 458 g/mol. The van der Waals surface area contributed by atoms with Gasteiger partial charge in [-0.1, -0.05) is 30.9 Å². The number of nitrogens with zero attached hydrogens (tertiary/aromatic N) is 3. The molecule has 5 rings (SSSR count). The molecule has 0 unspecified atom stereocenters. The van der Waals surface area contributed by atoms with E-state index < -0.39 is 5.69 Å². The molecule has 33 heavy (non-hydrogen) atoms. The van der Waals surface area contributed by atoms with Crippen molar-refractivity contribution in [2.45, 2.75) is 70.4 Å². The second-order valence-corrected chi connectivity index (χ2v) is 10.7. The molecule has 2 heterocycles. The lowest BCUT2D eigenvalue weighted by molar-refractivity contribution is -0.133. The van der Waals surface area contributed by atoms with Crippen molar-refractivity contribution in [3.05, 3.63) is 60.6 Å². The maximum absolute atomic E-state index is 13.7. The number of hydrogen-bond donors (Lipinski definition) is 0. The summed E-state index contributed by atoms with van der Waals surface area (Å²) in [5.74, 6) is -0.0852. The van der Waals surface area contributed by atoms with E-state index in [9.17, 15) is 14.4 Å². The molecule has 2 aliphatic rings. The fraction of sp³-hybridized carbons (Fsp3) is 0.480. The number of amides is 1. The molecule has 0 spiro atoms. The van der Waals surface area contributed by atoms with E-state index >= 15 is 0 Å². The van der Waals surface area contributed by atoms with Crippen molar-refractivity contribution in [1.82, 2.24) is 14.0 Å². The molecule has 0 saturated heterocycles. The van der Waals surface area contributed by atoms with Gasteiger partial charge in [-0.25, -0.2) is 9.36 Å². The number of carbonyl (C=O) groups excluding carboxylic acids is 1. The molecule has 0 aliphatic heterocycles. The van der Waals surface area contributed by atoms with E-state index in [4.69, 9.17) is 11.6 Å². The quantitative estimate of drug-likeness (QED) is 0.545. The zero-order chi connectivity index (χ0) is 23.1. The first kappa shape index (κ1) is 22.4. The van der Waals surface area contributed by atoms with Gasteiger partial charge >= 0.3 is 5.69 Å². The molecule has 1 aromatic carbocycles. The Kier molecular flexibility index (Phi) is 6.18. The van der Waals surface area contributed by atoms with Gasteiger partial charge < -0.3 is 4.90 Å². The minimum atomic E-state index is -0.473. The number of halogens is 1. The van der Waals surface area contributed by atoms with Gasteiger partial charge in [0.05, 0.1) is 11.1 Å². The highest BCUT2D eigenvalue weighted by Gasteiger charge is 2.27. The van der Waals surface area contributed by atoms with E-state index in [0.29, 0.717) is 20.9 Å². The standard InChI is InChI=1S/C25H28ClN3O3S/c1-27(17-7-3-2-4-8-17)21(30)15-28-24-22(19-9-5-6-10-20(19)33-24)23(31)29(25(28)32)18-13-11-16(26)12-14-18/h11-14,17H,2-10,15H2,1H3. The Bertz CT molecular complexity index is 1320. The van der Waals surface area contributed by atoms with Gasteiger partial charge in [-0.3, -0.25) is 14.2 Å². The van der Waals surface area contributed by atoms with Crippen LogP contribution < -0.4 is 11.2 Å². The normalized spacial score (nSPS) is 16.7. The Balaban J connectivity index is 1.66. The van der Waals surface area contributed by atoms with E-state index in [0.717, 1.165) is 56.9 Å². The fourth-order valence-corrected chi connectivity index (χ4v) is 6.74. The minimum absolute atomic E-state index is 0.0599. The number of likely N-dealkylation sites (N-methyl/N-ethyl adjacent to an activating group) is 1. The Hall–Kier alpha value is -2.38. The first-order valence-corrected chi connectivity index (χ1v) is 13.0. The highest BCUT2D eigenvalue weighted by Crippen LogP contribution is 2.34. The van der Waals surface area contributed by atoms with Gasteiger partial charge in [0.25, 0.3) is 5.56 Å². The van der Waals surface area contributed by atoms with Crippen molar-refractivity contribution in [3.63, 3.8) is 0 Å². The highest BCUT2D eigenvalue weighted by atomic mass is 35.5. The van der Waals surface area contributed by atoms with Crippen LogP contribution in [0.25, 0.3) is 15.9 Å². The fourth-order valence-electron chi connectivity index (χ4n) is 5.24. The monoisotopic (exact) mass is 485 g/mol. The van der Waals surface area contributed by atoms with Crippen molar-refractivity contribution in [2.24, 2.45) is 0 Å². The molecule has 0 N–H and O–H groups in total.